The zero-order chi connectivity index (χ0) is 15.6. The Hall–Kier alpha value is -0.730. The Morgan fingerprint density at radius 1 is 1.19 bits per heavy atom. The van der Waals surface area contributed by atoms with Gasteiger partial charge in [-0.05, 0) is 19.9 Å². The summed E-state index contributed by atoms with van der Waals surface area (Å²) in [5.41, 5.74) is 4.83. The van der Waals surface area contributed by atoms with Gasteiger partial charge in [-0.2, -0.15) is 0 Å². The van der Waals surface area contributed by atoms with Crippen molar-refractivity contribution in [3.8, 4) is 0 Å². The minimum absolute atomic E-state index is 0.0616. The fraction of sp³-hybridized carbons (Fsp3) is 0.929. The zero-order valence-electron chi connectivity index (χ0n) is 13.1. The summed E-state index contributed by atoms with van der Waals surface area (Å²) in [6.45, 7) is 3.31. The maximum absolute atomic E-state index is 11.5. The molecule has 0 saturated heterocycles. The van der Waals surface area contributed by atoms with E-state index in [2.05, 4.69) is 5.32 Å². The van der Waals surface area contributed by atoms with Crippen molar-refractivity contribution in [3.05, 3.63) is 0 Å². The third-order valence-corrected chi connectivity index (χ3v) is 3.80. The van der Waals surface area contributed by atoms with Gasteiger partial charge >= 0.3 is 0 Å². The Labute approximate surface area is 126 Å². The molecule has 0 aliphatic heterocycles. The van der Waals surface area contributed by atoms with Crippen LogP contribution in [0.3, 0.4) is 0 Å². The quantitative estimate of drug-likeness (QED) is 0.480. The van der Waals surface area contributed by atoms with Crippen molar-refractivity contribution in [2.75, 3.05) is 53.8 Å². The molecule has 7 heteroatoms. The first kappa shape index (κ1) is 18.3. The zero-order valence-corrected chi connectivity index (χ0v) is 13.1. The standard InChI is InChI=1S/C14H28N2O5/c1-16-14(13(15)17)4-3-12(11-14)21-10-9-20-8-7-19-6-5-18-2/h12,16H,3-11H2,1-2H3,(H2,15,17). The first-order valence-electron chi connectivity index (χ1n) is 7.39. The molecule has 0 radical (unpaired) electrons. The number of carbonyl (C=O) groups excluding carboxylic acids is 1. The molecule has 1 aliphatic carbocycles. The van der Waals surface area contributed by atoms with E-state index in [1.165, 1.54) is 0 Å². The highest BCUT2D eigenvalue weighted by Gasteiger charge is 2.43. The molecule has 7 nitrogen and oxygen atoms in total. The van der Waals surface area contributed by atoms with Crippen molar-refractivity contribution >= 4 is 5.91 Å². The van der Waals surface area contributed by atoms with E-state index in [4.69, 9.17) is 24.7 Å². The van der Waals surface area contributed by atoms with E-state index in [1.54, 1.807) is 14.2 Å². The molecule has 1 amide bonds. The van der Waals surface area contributed by atoms with Gasteiger partial charge in [-0.15, -0.1) is 0 Å². The largest absolute Gasteiger partial charge is 0.382 e. The molecule has 1 fully saturated rings. The van der Waals surface area contributed by atoms with Crippen LogP contribution in [-0.2, 0) is 23.7 Å². The summed E-state index contributed by atoms with van der Waals surface area (Å²) < 4.78 is 21.3. The molecule has 0 aromatic rings. The molecule has 1 rings (SSSR count). The number of hydrogen-bond acceptors (Lipinski definition) is 6. The van der Waals surface area contributed by atoms with Crippen LogP contribution < -0.4 is 11.1 Å². The highest BCUT2D eigenvalue weighted by atomic mass is 16.6. The lowest BCUT2D eigenvalue weighted by Gasteiger charge is -2.24. The third-order valence-electron chi connectivity index (χ3n) is 3.80. The second-order valence-electron chi connectivity index (χ2n) is 5.15. The molecular weight excluding hydrogens is 276 g/mol. The van der Waals surface area contributed by atoms with Crippen molar-refractivity contribution in [3.63, 3.8) is 0 Å². The van der Waals surface area contributed by atoms with Crippen LogP contribution >= 0.6 is 0 Å². The second-order valence-corrected chi connectivity index (χ2v) is 5.15. The van der Waals surface area contributed by atoms with Crippen LogP contribution in [0.1, 0.15) is 19.3 Å². The Morgan fingerprint density at radius 3 is 2.33 bits per heavy atom. The smallest absolute Gasteiger partial charge is 0.237 e. The fourth-order valence-corrected chi connectivity index (χ4v) is 2.45. The van der Waals surface area contributed by atoms with E-state index < -0.39 is 5.54 Å². The van der Waals surface area contributed by atoms with Gasteiger partial charge < -0.3 is 30.0 Å². The number of primary amides is 1. The number of carbonyl (C=O) groups is 1. The predicted octanol–water partition coefficient (Wildman–Crippen LogP) is -0.321. The summed E-state index contributed by atoms with van der Waals surface area (Å²) in [6, 6.07) is 0. The van der Waals surface area contributed by atoms with Crippen molar-refractivity contribution in [2.45, 2.75) is 30.9 Å². The number of amides is 1. The minimum Gasteiger partial charge on any atom is -0.382 e. The van der Waals surface area contributed by atoms with E-state index in [9.17, 15) is 4.79 Å². The van der Waals surface area contributed by atoms with Crippen molar-refractivity contribution in [1.29, 1.82) is 0 Å². The predicted molar refractivity (Wildman–Crippen MR) is 78.1 cm³/mol. The molecule has 0 aromatic heterocycles. The average Bonchev–Trinajstić information content (AvgIpc) is 2.90. The van der Waals surface area contributed by atoms with Crippen LogP contribution in [0.5, 0.6) is 0 Å². The molecule has 124 valence electrons. The molecule has 1 aliphatic rings. The van der Waals surface area contributed by atoms with Crippen LogP contribution in [0.15, 0.2) is 0 Å². The van der Waals surface area contributed by atoms with E-state index in [0.717, 1.165) is 12.8 Å². The fourth-order valence-electron chi connectivity index (χ4n) is 2.45. The third kappa shape index (κ3) is 6.27. The van der Waals surface area contributed by atoms with Gasteiger partial charge in [-0.25, -0.2) is 0 Å². The van der Waals surface area contributed by atoms with Crippen LogP contribution in [0.4, 0.5) is 0 Å². The normalized spacial score (nSPS) is 25.3. The van der Waals surface area contributed by atoms with Gasteiger partial charge in [-0.3, -0.25) is 4.79 Å². The topological polar surface area (TPSA) is 92.0 Å². The molecule has 1 saturated carbocycles. The van der Waals surface area contributed by atoms with Crippen molar-refractivity contribution in [1.82, 2.24) is 5.32 Å². The minimum atomic E-state index is -0.610. The number of nitrogens with two attached hydrogens (primary N) is 1. The molecule has 0 spiro atoms. The average molecular weight is 304 g/mol. The van der Waals surface area contributed by atoms with E-state index in [0.29, 0.717) is 46.1 Å². The van der Waals surface area contributed by atoms with E-state index in [1.807, 2.05) is 0 Å². The molecule has 2 atom stereocenters. The summed E-state index contributed by atoms with van der Waals surface area (Å²) in [6.07, 6.45) is 2.24. The highest BCUT2D eigenvalue weighted by Crippen LogP contribution is 2.31. The number of hydrogen-bond donors (Lipinski definition) is 2. The first-order valence-corrected chi connectivity index (χ1v) is 7.39. The summed E-state index contributed by atoms with van der Waals surface area (Å²) in [7, 11) is 3.40. The summed E-state index contributed by atoms with van der Waals surface area (Å²) in [5, 5.41) is 3.03. The molecule has 3 N–H and O–H groups in total. The Kier molecular flexibility index (Phi) is 8.79. The lowest BCUT2D eigenvalue weighted by Crippen LogP contribution is -2.52. The number of methoxy groups -OCH3 is 1. The molecular formula is C14H28N2O5. The summed E-state index contributed by atoms with van der Waals surface area (Å²) >= 11 is 0. The van der Waals surface area contributed by atoms with Crippen molar-refractivity contribution < 1.29 is 23.7 Å². The van der Waals surface area contributed by atoms with Gasteiger partial charge in [0.05, 0.1) is 51.3 Å². The van der Waals surface area contributed by atoms with Gasteiger partial charge in [0.2, 0.25) is 5.91 Å². The molecule has 0 heterocycles. The SMILES string of the molecule is CNC1(C(N)=O)CCC(OCCOCCOCCOC)C1. The first-order chi connectivity index (χ1) is 10.1. The van der Waals surface area contributed by atoms with Crippen LogP contribution in [-0.4, -0.2) is 71.3 Å². The molecule has 0 bridgehead atoms. The maximum atomic E-state index is 11.5. The van der Waals surface area contributed by atoms with E-state index >= 15 is 0 Å². The highest BCUT2D eigenvalue weighted by molar-refractivity contribution is 5.85. The van der Waals surface area contributed by atoms with Gasteiger partial charge in [-0.1, -0.05) is 0 Å². The Bertz CT molecular complexity index is 303. The van der Waals surface area contributed by atoms with E-state index in [-0.39, 0.29) is 12.0 Å². The summed E-state index contributed by atoms with van der Waals surface area (Å²) in [4.78, 5) is 11.5. The Balaban J connectivity index is 2.01. The number of ether oxygens (including phenoxy) is 4. The second kappa shape index (κ2) is 10.1. The van der Waals surface area contributed by atoms with Crippen LogP contribution in [0.25, 0.3) is 0 Å². The van der Waals surface area contributed by atoms with Gasteiger partial charge in [0.25, 0.3) is 0 Å². The maximum Gasteiger partial charge on any atom is 0.237 e. The Morgan fingerprint density at radius 2 is 1.81 bits per heavy atom. The molecule has 0 aromatic carbocycles. The number of nitrogens with one attached hydrogen (secondary N) is 1. The molecule has 2 unspecified atom stereocenters. The lowest BCUT2D eigenvalue weighted by molar-refractivity contribution is -0.124. The van der Waals surface area contributed by atoms with Crippen LogP contribution in [0.2, 0.25) is 0 Å². The van der Waals surface area contributed by atoms with Crippen molar-refractivity contribution in [2.24, 2.45) is 5.73 Å². The number of likely N-dealkylation sites (N-methyl/N-ethyl adjacent to an activating group) is 1. The van der Waals surface area contributed by atoms with Gasteiger partial charge in [0.15, 0.2) is 0 Å². The van der Waals surface area contributed by atoms with Crippen LogP contribution in [0, 0.1) is 0 Å². The number of rotatable bonds is 12. The monoisotopic (exact) mass is 304 g/mol. The lowest BCUT2D eigenvalue weighted by atomic mass is 9.97. The molecule has 21 heavy (non-hydrogen) atoms. The van der Waals surface area contributed by atoms with Gasteiger partial charge in [0.1, 0.15) is 0 Å². The van der Waals surface area contributed by atoms with Gasteiger partial charge in [0, 0.05) is 13.5 Å². The summed E-state index contributed by atoms with van der Waals surface area (Å²) in [5.74, 6) is -0.305.